The number of nitrogens with one attached hydrogen (secondary N) is 1. The van der Waals surface area contributed by atoms with Gasteiger partial charge in [0.2, 0.25) is 0 Å². The molecule has 1 N–H and O–H groups in total. The second kappa shape index (κ2) is 7.60. The topological polar surface area (TPSA) is 38.3 Å². The normalized spacial score (nSPS) is 14.4. The maximum absolute atomic E-state index is 13.8. The van der Waals surface area contributed by atoms with Crippen LogP contribution in [0.2, 0.25) is 5.02 Å². The van der Waals surface area contributed by atoms with Gasteiger partial charge < -0.3 is 4.74 Å². The summed E-state index contributed by atoms with van der Waals surface area (Å²) in [5, 5.41) is 2.76. The SMILES string of the molecule is CC(C)(C)OC(=O)Nc1ccc(C(Cl)(c2ccc(Cl)cc2)C(F)(F)F)cc1. The third-order valence-electron chi connectivity index (χ3n) is 3.56. The van der Waals surface area contributed by atoms with Crippen LogP contribution in [0, 0.1) is 0 Å². The van der Waals surface area contributed by atoms with Gasteiger partial charge in [0.1, 0.15) is 5.60 Å². The van der Waals surface area contributed by atoms with Gasteiger partial charge in [0.05, 0.1) is 0 Å². The van der Waals surface area contributed by atoms with E-state index in [2.05, 4.69) is 5.32 Å². The van der Waals surface area contributed by atoms with Gasteiger partial charge in [-0.3, -0.25) is 5.32 Å². The number of rotatable bonds is 3. The van der Waals surface area contributed by atoms with Crippen LogP contribution in [0.1, 0.15) is 31.9 Å². The number of alkyl halides is 4. The largest absolute Gasteiger partial charge is 0.444 e. The van der Waals surface area contributed by atoms with Crippen molar-refractivity contribution in [2.75, 3.05) is 5.32 Å². The monoisotopic (exact) mass is 419 g/mol. The molecular formula is C19H18Cl2F3NO2. The average molecular weight is 420 g/mol. The lowest BCUT2D eigenvalue weighted by molar-refractivity contribution is -0.154. The summed E-state index contributed by atoms with van der Waals surface area (Å²) < 4.78 is 46.6. The van der Waals surface area contributed by atoms with Gasteiger partial charge in [0, 0.05) is 10.7 Å². The summed E-state index contributed by atoms with van der Waals surface area (Å²) >= 11 is 11.8. The summed E-state index contributed by atoms with van der Waals surface area (Å²) in [6.07, 6.45) is -5.47. The highest BCUT2D eigenvalue weighted by Gasteiger charge is 2.56. The first kappa shape index (κ1) is 21.4. The Kier molecular flexibility index (Phi) is 6.02. The van der Waals surface area contributed by atoms with Crippen molar-refractivity contribution in [1.82, 2.24) is 0 Å². The Hall–Kier alpha value is -1.92. The summed E-state index contributed by atoms with van der Waals surface area (Å²) in [6, 6.07) is 10.2. The molecule has 0 saturated carbocycles. The molecule has 1 atom stereocenters. The van der Waals surface area contributed by atoms with E-state index in [4.69, 9.17) is 27.9 Å². The minimum atomic E-state index is -4.76. The number of amides is 1. The predicted molar refractivity (Wildman–Crippen MR) is 100 cm³/mol. The molecule has 0 saturated heterocycles. The molecule has 146 valence electrons. The first-order chi connectivity index (χ1) is 12.3. The van der Waals surface area contributed by atoms with Crippen molar-refractivity contribution in [3.63, 3.8) is 0 Å². The molecule has 8 heteroatoms. The van der Waals surface area contributed by atoms with E-state index in [0.717, 1.165) is 0 Å². The van der Waals surface area contributed by atoms with Crippen molar-refractivity contribution >= 4 is 35.0 Å². The van der Waals surface area contributed by atoms with Crippen LogP contribution in [0.25, 0.3) is 0 Å². The van der Waals surface area contributed by atoms with Crippen molar-refractivity contribution < 1.29 is 22.7 Å². The van der Waals surface area contributed by atoms with Crippen molar-refractivity contribution in [2.45, 2.75) is 37.4 Å². The third kappa shape index (κ3) is 5.08. The van der Waals surface area contributed by atoms with E-state index in [-0.39, 0.29) is 16.8 Å². The molecule has 0 aliphatic heterocycles. The van der Waals surface area contributed by atoms with E-state index < -0.39 is 22.7 Å². The van der Waals surface area contributed by atoms with E-state index in [9.17, 15) is 18.0 Å². The third-order valence-corrected chi connectivity index (χ3v) is 4.46. The fourth-order valence-electron chi connectivity index (χ4n) is 2.38. The summed E-state index contributed by atoms with van der Waals surface area (Å²) in [5.74, 6) is 0. The first-order valence-corrected chi connectivity index (χ1v) is 8.71. The number of anilines is 1. The van der Waals surface area contributed by atoms with Crippen molar-refractivity contribution in [1.29, 1.82) is 0 Å². The minimum absolute atomic E-state index is 0.158. The zero-order valence-electron chi connectivity index (χ0n) is 14.8. The van der Waals surface area contributed by atoms with Crippen molar-refractivity contribution in [3.05, 3.63) is 64.7 Å². The van der Waals surface area contributed by atoms with Crippen LogP contribution in [-0.4, -0.2) is 17.9 Å². The Morgan fingerprint density at radius 3 is 1.78 bits per heavy atom. The van der Waals surface area contributed by atoms with E-state index in [0.29, 0.717) is 5.02 Å². The molecule has 0 fully saturated rings. The molecule has 0 bridgehead atoms. The van der Waals surface area contributed by atoms with Crippen LogP contribution in [0.4, 0.5) is 23.7 Å². The van der Waals surface area contributed by atoms with Crippen LogP contribution >= 0.6 is 23.2 Å². The number of hydrogen-bond donors (Lipinski definition) is 1. The van der Waals surface area contributed by atoms with Gasteiger partial charge in [-0.25, -0.2) is 4.79 Å². The second-order valence-corrected chi connectivity index (χ2v) is 7.87. The van der Waals surface area contributed by atoms with Crippen molar-refractivity contribution in [3.8, 4) is 0 Å². The molecule has 3 nitrogen and oxygen atoms in total. The summed E-state index contributed by atoms with van der Waals surface area (Å²) in [6.45, 7) is 5.10. The molecule has 0 aromatic heterocycles. The van der Waals surface area contributed by atoms with E-state index in [1.54, 1.807) is 20.8 Å². The molecule has 1 amide bonds. The smallest absolute Gasteiger partial charge is 0.415 e. The Bertz CT molecular complexity index is 800. The lowest BCUT2D eigenvalue weighted by Crippen LogP contribution is -2.38. The average Bonchev–Trinajstić information content (AvgIpc) is 2.52. The molecule has 27 heavy (non-hydrogen) atoms. The number of benzene rings is 2. The van der Waals surface area contributed by atoms with Gasteiger partial charge in [0.15, 0.2) is 4.87 Å². The van der Waals surface area contributed by atoms with Crippen molar-refractivity contribution in [2.24, 2.45) is 0 Å². The lowest BCUT2D eigenvalue weighted by Gasteiger charge is -2.31. The summed E-state index contributed by atoms with van der Waals surface area (Å²) in [4.78, 5) is 9.02. The molecule has 1 unspecified atom stereocenters. The number of carbonyl (C=O) groups excluding carboxylic acids is 1. The first-order valence-electron chi connectivity index (χ1n) is 7.95. The Morgan fingerprint density at radius 1 is 0.926 bits per heavy atom. The van der Waals surface area contributed by atoms with E-state index in [1.807, 2.05) is 0 Å². The molecule has 0 aliphatic carbocycles. The summed E-state index contributed by atoms with van der Waals surface area (Å²) in [5.41, 5.74) is -0.756. The minimum Gasteiger partial charge on any atom is -0.444 e. The quantitative estimate of drug-likeness (QED) is 0.559. The Balaban J connectivity index is 2.33. The molecule has 0 radical (unpaired) electrons. The van der Waals surface area contributed by atoms with E-state index in [1.165, 1.54) is 48.5 Å². The fourth-order valence-corrected chi connectivity index (χ4v) is 2.76. The van der Waals surface area contributed by atoms with Gasteiger partial charge in [-0.05, 0) is 56.2 Å². The zero-order chi connectivity index (χ0) is 20.5. The van der Waals surface area contributed by atoms with Gasteiger partial charge in [-0.15, -0.1) is 0 Å². The van der Waals surface area contributed by atoms with Gasteiger partial charge in [0.25, 0.3) is 0 Å². The van der Waals surface area contributed by atoms with Gasteiger partial charge in [-0.1, -0.05) is 47.5 Å². The second-order valence-electron chi connectivity index (χ2n) is 6.87. The molecular weight excluding hydrogens is 402 g/mol. The highest BCUT2D eigenvalue weighted by Crippen LogP contribution is 2.50. The predicted octanol–water partition coefficient (Wildman–Crippen LogP) is 6.73. The van der Waals surface area contributed by atoms with Crippen LogP contribution in [-0.2, 0) is 9.61 Å². The van der Waals surface area contributed by atoms with E-state index >= 15 is 0 Å². The zero-order valence-corrected chi connectivity index (χ0v) is 16.3. The molecule has 0 spiro atoms. The molecule has 2 rings (SSSR count). The maximum Gasteiger partial charge on any atom is 0.415 e. The fraction of sp³-hybridized carbons (Fsp3) is 0.316. The molecule has 0 aliphatic rings. The van der Waals surface area contributed by atoms with Crippen LogP contribution < -0.4 is 5.32 Å². The van der Waals surface area contributed by atoms with Crippen LogP contribution in [0.3, 0.4) is 0 Å². The summed E-state index contributed by atoms with van der Waals surface area (Å²) in [7, 11) is 0. The van der Waals surface area contributed by atoms with Crippen LogP contribution in [0.15, 0.2) is 48.5 Å². The number of halogens is 5. The Labute approximate surface area is 165 Å². The molecule has 2 aromatic carbocycles. The molecule has 0 heterocycles. The lowest BCUT2D eigenvalue weighted by atomic mass is 9.89. The maximum atomic E-state index is 13.8. The Morgan fingerprint density at radius 2 is 1.37 bits per heavy atom. The van der Waals surface area contributed by atoms with Gasteiger partial charge in [-0.2, -0.15) is 13.2 Å². The number of ether oxygens (including phenoxy) is 1. The number of hydrogen-bond acceptors (Lipinski definition) is 2. The molecule has 2 aromatic rings. The standard InChI is InChI=1S/C19H18Cl2F3NO2/c1-17(2,3)27-16(26)25-15-10-6-13(7-11-15)18(21,19(22,23)24)12-4-8-14(20)9-5-12/h4-11H,1-3H3,(H,25,26). The number of carbonyl (C=O) groups is 1. The van der Waals surface area contributed by atoms with Gasteiger partial charge >= 0.3 is 12.3 Å². The highest BCUT2D eigenvalue weighted by molar-refractivity contribution is 6.30. The van der Waals surface area contributed by atoms with Crippen LogP contribution in [0.5, 0.6) is 0 Å². The highest BCUT2D eigenvalue weighted by atomic mass is 35.5.